The summed E-state index contributed by atoms with van der Waals surface area (Å²) in [7, 11) is 0. The highest BCUT2D eigenvalue weighted by atomic mass is 35.5. The van der Waals surface area contributed by atoms with Gasteiger partial charge in [0.25, 0.3) is 5.56 Å². The number of halogens is 1. The van der Waals surface area contributed by atoms with Crippen molar-refractivity contribution in [1.82, 2.24) is 14.9 Å². The highest BCUT2D eigenvalue weighted by Crippen LogP contribution is 2.52. The summed E-state index contributed by atoms with van der Waals surface area (Å²) < 4.78 is 2.24. The predicted molar refractivity (Wildman–Crippen MR) is 142 cm³/mol. The standard InChI is InChI=1S/C29H33ClN4O/c30-22-5-4-6-24-25(22)26(35)32-27-29(9-2-1-3-10-29)21-19-20(7-8-23(21)34(24)27)33-17-13-28(14-18-33)11-15-31-16-12-28/h4-8,19,31H,1-3,9-18H2. The van der Waals surface area contributed by atoms with Crippen LogP contribution in [0.5, 0.6) is 0 Å². The van der Waals surface area contributed by atoms with Crippen LogP contribution in [0, 0.1) is 5.41 Å². The molecule has 0 atom stereocenters. The van der Waals surface area contributed by atoms with Crippen molar-refractivity contribution in [3.05, 3.63) is 63.2 Å². The van der Waals surface area contributed by atoms with E-state index in [9.17, 15) is 4.79 Å². The minimum absolute atomic E-state index is 0.175. The number of benzene rings is 2. The highest BCUT2D eigenvalue weighted by molar-refractivity contribution is 6.35. The minimum atomic E-state index is -0.196. The molecule has 3 aliphatic heterocycles. The first kappa shape index (κ1) is 21.9. The molecule has 1 aliphatic carbocycles. The summed E-state index contributed by atoms with van der Waals surface area (Å²) >= 11 is 6.49. The normalized spacial score (nSPS) is 22.5. The molecular formula is C29H33ClN4O. The molecule has 0 bridgehead atoms. The third-order valence-corrected chi connectivity index (χ3v) is 9.91. The van der Waals surface area contributed by atoms with Crippen LogP contribution < -0.4 is 15.8 Å². The molecule has 0 radical (unpaired) electrons. The number of piperidine rings is 2. The van der Waals surface area contributed by atoms with E-state index in [-0.39, 0.29) is 11.0 Å². The number of hydrogen-bond donors (Lipinski definition) is 1. The number of fused-ring (bicyclic) bond motifs is 7. The van der Waals surface area contributed by atoms with Crippen LogP contribution in [-0.4, -0.2) is 35.7 Å². The zero-order valence-corrected chi connectivity index (χ0v) is 21.0. The minimum Gasteiger partial charge on any atom is -0.371 e. The molecule has 4 aliphatic rings. The van der Waals surface area contributed by atoms with Gasteiger partial charge in [-0.2, -0.15) is 4.98 Å². The van der Waals surface area contributed by atoms with Gasteiger partial charge in [0.05, 0.1) is 27.0 Å². The lowest BCUT2D eigenvalue weighted by Gasteiger charge is -2.45. The number of nitrogens with zero attached hydrogens (tertiary/aromatic N) is 3. The zero-order valence-electron chi connectivity index (χ0n) is 20.3. The van der Waals surface area contributed by atoms with E-state index in [0.29, 0.717) is 15.8 Å². The van der Waals surface area contributed by atoms with E-state index < -0.39 is 0 Å². The third-order valence-electron chi connectivity index (χ3n) is 9.59. The Morgan fingerprint density at radius 3 is 2.46 bits per heavy atom. The molecule has 4 heterocycles. The average molecular weight is 489 g/mol. The molecule has 2 aromatic carbocycles. The van der Waals surface area contributed by atoms with Crippen molar-refractivity contribution in [1.29, 1.82) is 0 Å². The van der Waals surface area contributed by atoms with Gasteiger partial charge in [-0.05, 0) is 92.9 Å². The van der Waals surface area contributed by atoms with Gasteiger partial charge in [-0.3, -0.25) is 9.36 Å². The molecule has 1 aromatic heterocycles. The van der Waals surface area contributed by atoms with Gasteiger partial charge in [-0.15, -0.1) is 0 Å². The second-order valence-corrected chi connectivity index (χ2v) is 11.7. The van der Waals surface area contributed by atoms with Gasteiger partial charge in [-0.1, -0.05) is 36.9 Å². The van der Waals surface area contributed by atoms with E-state index in [2.05, 4.69) is 33.0 Å². The van der Waals surface area contributed by atoms with Gasteiger partial charge in [0, 0.05) is 18.8 Å². The second kappa shape index (κ2) is 8.07. The molecule has 7 rings (SSSR count). The topological polar surface area (TPSA) is 50.2 Å². The van der Waals surface area contributed by atoms with Crippen LogP contribution in [0.2, 0.25) is 5.02 Å². The summed E-state index contributed by atoms with van der Waals surface area (Å²) in [6, 6.07) is 12.8. The Morgan fingerprint density at radius 2 is 1.69 bits per heavy atom. The molecular weight excluding hydrogens is 456 g/mol. The number of anilines is 1. The third kappa shape index (κ3) is 3.24. The fourth-order valence-corrected chi connectivity index (χ4v) is 7.81. The second-order valence-electron chi connectivity index (χ2n) is 11.3. The molecule has 0 amide bonds. The molecule has 3 aromatic rings. The number of rotatable bonds is 1. The lowest BCUT2D eigenvalue weighted by molar-refractivity contribution is 0.155. The largest absolute Gasteiger partial charge is 0.371 e. The summed E-state index contributed by atoms with van der Waals surface area (Å²) in [4.78, 5) is 20.5. The first-order valence-electron chi connectivity index (χ1n) is 13.4. The smallest absolute Gasteiger partial charge is 0.282 e. The van der Waals surface area contributed by atoms with Gasteiger partial charge in [-0.25, -0.2) is 0 Å². The lowest BCUT2D eigenvalue weighted by atomic mass is 9.69. The first-order valence-corrected chi connectivity index (χ1v) is 13.8. The maximum Gasteiger partial charge on any atom is 0.282 e. The van der Waals surface area contributed by atoms with Gasteiger partial charge in [0.1, 0.15) is 5.82 Å². The quantitative estimate of drug-likeness (QED) is 0.486. The van der Waals surface area contributed by atoms with E-state index >= 15 is 0 Å². The molecule has 0 unspecified atom stereocenters. The van der Waals surface area contributed by atoms with E-state index in [0.717, 1.165) is 37.3 Å². The summed E-state index contributed by atoms with van der Waals surface area (Å²) in [5, 5.41) is 4.55. The van der Waals surface area contributed by atoms with Crippen molar-refractivity contribution in [2.45, 2.75) is 63.2 Å². The molecule has 2 saturated heterocycles. The van der Waals surface area contributed by atoms with Gasteiger partial charge < -0.3 is 10.2 Å². The number of aromatic nitrogens is 2. The van der Waals surface area contributed by atoms with Gasteiger partial charge >= 0.3 is 0 Å². The monoisotopic (exact) mass is 488 g/mol. The zero-order chi connectivity index (χ0) is 23.6. The fraction of sp³-hybridized carbons (Fsp3) is 0.517. The Balaban J connectivity index is 1.34. The number of nitrogens with one attached hydrogen (secondary N) is 1. The van der Waals surface area contributed by atoms with Crippen molar-refractivity contribution in [3.8, 4) is 5.69 Å². The number of hydrogen-bond acceptors (Lipinski definition) is 4. The molecule has 1 N–H and O–H groups in total. The SMILES string of the molecule is O=c1nc2n(c3cccc(Cl)c13)-c1ccc(N3CCC4(CCNCC4)CC3)cc1C21CCCCC1. The van der Waals surface area contributed by atoms with Crippen LogP contribution in [0.1, 0.15) is 69.2 Å². The molecule has 182 valence electrons. The van der Waals surface area contributed by atoms with E-state index in [1.807, 2.05) is 12.1 Å². The maximum atomic E-state index is 13.2. The van der Waals surface area contributed by atoms with Crippen molar-refractivity contribution in [3.63, 3.8) is 0 Å². The molecule has 5 nitrogen and oxygen atoms in total. The molecule has 2 spiro atoms. The fourth-order valence-electron chi connectivity index (χ4n) is 7.56. The summed E-state index contributed by atoms with van der Waals surface area (Å²) in [5.41, 5.74) is 4.92. The van der Waals surface area contributed by atoms with Crippen LogP contribution >= 0.6 is 11.6 Å². The van der Waals surface area contributed by atoms with Crippen molar-refractivity contribution in [2.75, 3.05) is 31.1 Å². The summed E-state index contributed by atoms with van der Waals surface area (Å²) in [6.45, 7) is 4.60. The van der Waals surface area contributed by atoms with Crippen molar-refractivity contribution < 1.29 is 0 Å². The predicted octanol–water partition coefficient (Wildman–Crippen LogP) is 5.57. The van der Waals surface area contributed by atoms with Crippen LogP contribution in [0.25, 0.3) is 16.6 Å². The lowest BCUT2D eigenvalue weighted by Crippen LogP contribution is -2.45. The van der Waals surface area contributed by atoms with Gasteiger partial charge in [0.15, 0.2) is 0 Å². The maximum absolute atomic E-state index is 13.2. The Labute approximate surface area is 211 Å². The summed E-state index contributed by atoms with van der Waals surface area (Å²) in [5.74, 6) is 0.927. The van der Waals surface area contributed by atoms with E-state index in [1.54, 1.807) is 6.07 Å². The van der Waals surface area contributed by atoms with Crippen LogP contribution in [0.15, 0.2) is 41.2 Å². The molecule has 3 fully saturated rings. The first-order chi connectivity index (χ1) is 17.1. The Hall–Kier alpha value is -2.37. The Morgan fingerprint density at radius 1 is 0.914 bits per heavy atom. The van der Waals surface area contributed by atoms with Crippen molar-refractivity contribution in [2.24, 2.45) is 5.41 Å². The average Bonchev–Trinajstić information content (AvgIpc) is 3.14. The van der Waals surface area contributed by atoms with Crippen LogP contribution in [-0.2, 0) is 5.41 Å². The molecule has 35 heavy (non-hydrogen) atoms. The van der Waals surface area contributed by atoms with E-state index in [1.165, 1.54) is 75.0 Å². The van der Waals surface area contributed by atoms with Crippen LogP contribution in [0.3, 0.4) is 0 Å². The highest BCUT2D eigenvalue weighted by Gasteiger charge is 2.47. The Bertz CT molecular complexity index is 1360. The van der Waals surface area contributed by atoms with E-state index in [4.69, 9.17) is 16.6 Å². The van der Waals surface area contributed by atoms with Crippen molar-refractivity contribution >= 4 is 28.2 Å². The van der Waals surface area contributed by atoms with Crippen LogP contribution in [0.4, 0.5) is 5.69 Å². The molecule has 6 heteroatoms. The van der Waals surface area contributed by atoms with Gasteiger partial charge in [0.2, 0.25) is 0 Å². The summed E-state index contributed by atoms with van der Waals surface area (Å²) in [6.07, 6.45) is 10.9. The molecule has 1 saturated carbocycles. The Kier molecular flexibility index (Phi) is 5.05.